The van der Waals surface area contributed by atoms with Crippen LogP contribution in [0.1, 0.15) is 162 Å². The molecule has 13 heteroatoms. The van der Waals surface area contributed by atoms with Gasteiger partial charge in [0, 0.05) is 25.8 Å². The molecule has 0 saturated heterocycles. The van der Waals surface area contributed by atoms with E-state index in [4.69, 9.17) is 18.9 Å². The quantitative estimate of drug-likeness (QED) is 0.0924. The van der Waals surface area contributed by atoms with Crippen LogP contribution >= 0.6 is 0 Å². The Balaban J connectivity index is 1.99. The van der Waals surface area contributed by atoms with Gasteiger partial charge in [0.05, 0.1) is 44.4 Å². The zero-order chi connectivity index (χ0) is 47.9. The number of ketones is 1. The second-order valence-corrected chi connectivity index (χ2v) is 20.2. The Morgan fingerprint density at radius 1 is 0.476 bits per heavy atom. The Kier molecular flexibility index (Phi) is 20.2. The van der Waals surface area contributed by atoms with Gasteiger partial charge in [0.1, 0.15) is 13.2 Å². The zero-order valence-corrected chi connectivity index (χ0v) is 40.4. The smallest absolute Gasteiger partial charge is 0.310 e. The van der Waals surface area contributed by atoms with E-state index in [2.05, 4.69) is 106 Å². The van der Waals surface area contributed by atoms with Gasteiger partial charge in [-0.25, -0.2) is 0 Å². The normalized spacial score (nSPS) is 13.0. The van der Waals surface area contributed by atoms with Gasteiger partial charge in [-0.2, -0.15) is 0 Å². The highest BCUT2D eigenvalue weighted by Crippen LogP contribution is 2.32. The molecule has 0 spiro atoms. The summed E-state index contributed by atoms with van der Waals surface area (Å²) in [6.45, 7) is 27.9. The average molecular weight is 879 g/mol. The summed E-state index contributed by atoms with van der Waals surface area (Å²) in [4.78, 5) is 90.6. The van der Waals surface area contributed by atoms with Gasteiger partial charge >= 0.3 is 23.9 Å². The molecule has 0 bridgehead atoms. The Labute approximate surface area is 375 Å². The number of ether oxygens (including phenoxy) is 4. The van der Waals surface area contributed by atoms with Crippen LogP contribution in [0.3, 0.4) is 0 Å². The number of esters is 4. The molecule has 2 aromatic rings. The highest BCUT2D eigenvalue weighted by molar-refractivity contribution is 5.93. The highest BCUT2D eigenvalue weighted by atomic mass is 16.5. The van der Waals surface area contributed by atoms with E-state index >= 15 is 0 Å². The van der Waals surface area contributed by atoms with E-state index in [1.165, 1.54) is 0 Å². The van der Waals surface area contributed by atoms with Crippen LogP contribution in [0.15, 0.2) is 36.4 Å². The van der Waals surface area contributed by atoms with E-state index in [1.807, 2.05) is 24.3 Å². The van der Waals surface area contributed by atoms with Crippen molar-refractivity contribution in [2.24, 2.45) is 11.8 Å². The second kappa shape index (κ2) is 23.6. The van der Waals surface area contributed by atoms with Crippen molar-refractivity contribution >= 4 is 41.5 Å². The molecule has 0 aromatic heterocycles. The maximum atomic E-state index is 13.2. The minimum absolute atomic E-state index is 0.0411. The lowest BCUT2D eigenvalue weighted by molar-refractivity contribution is -0.162. The molecule has 0 fully saturated rings. The highest BCUT2D eigenvalue weighted by Gasteiger charge is 2.39. The summed E-state index contributed by atoms with van der Waals surface area (Å²) in [7, 11) is 0. The molecule has 13 nitrogen and oxygen atoms in total. The third kappa shape index (κ3) is 19.1. The van der Waals surface area contributed by atoms with E-state index < -0.39 is 72.7 Å². The first-order valence-electron chi connectivity index (χ1n) is 22.0. The number of rotatable bonds is 21. The maximum absolute atomic E-state index is 13.2. The number of carbonyl (C=O) groups is 7. The summed E-state index contributed by atoms with van der Waals surface area (Å²) >= 11 is 0. The van der Waals surface area contributed by atoms with Gasteiger partial charge in [-0.1, -0.05) is 119 Å². The summed E-state index contributed by atoms with van der Waals surface area (Å²) < 4.78 is 21.4. The van der Waals surface area contributed by atoms with Gasteiger partial charge < -0.3 is 29.6 Å². The van der Waals surface area contributed by atoms with Crippen LogP contribution in [0.2, 0.25) is 0 Å². The Bertz CT molecular complexity index is 1860. The van der Waals surface area contributed by atoms with Crippen molar-refractivity contribution in [1.82, 2.24) is 10.6 Å². The molecule has 0 radical (unpaired) electrons. The lowest BCUT2D eigenvalue weighted by Crippen LogP contribution is -2.40. The number of hydrogen-bond acceptors (Lipinski definition) is 11. The third-order valence-electron chi connectivity index (χ3n) is 10.5. The lowest BCUT2D eigenvalue weighted by Gasteiger charge is -2.26. The molecule has 0 aliphatic rings. The van der Waals surface area contributed by atoms with Gasteiger partial charge in [0.2, 0.25) is 11.8 Å². The topological polar surface area (TPSA) is 180 Å². The van der Waals surface area contributed by atoms with E-state index in [-0.39, 0.29) is 73.9 Å². The van der Waals surface area contributed by atoms with Crippen LogP contribution in [0.4, 0.5) is 0 Å². The first-order valence-corrected chi connectivity index (χ1v) is 22.0. The monoisotopic (exact) mass is 879 g/mol. The van der Waals surface area contributed by atoms with Crippen molar-refractivity contribution in [2.75, 3.05) is 26.3 Å². The maximum Gasteiger partial charge on any atom is 0.310 e. The molecule has 2 N–H and O–H groups in total. The number of Topliss-reactive ketones (excluding diaryl/α,β-unsaturated/α-hetero) is 1. The number of hydrogen-bond donors (Lipinski definition) is 2. The fraction of sp³-hybridized carbons (Fsp3) is 0.620. The predicted molar refractivity (Wildman–Crippen MR) is 242 cm³/mol. The van der Waals surface area contributed by atoms with Crippen LogP contribution in [-0.2, 0) is 87.4 Å². The largest absolute Gasteiger partial charge is 0.466 e. The van der Waals surface area contributed by atoms with Gasteiger partial charge in [-0.15, -0.1) is 0 Å². The van der Waals surface area contributed by atoms with Crippen LogP contribution in [0.25, 0.3) is 0 Å². The Morgan fingerprint density at radius 3 is 1.24 bits per heavy atom. The third-order valence-corrected chi connectivity index (χ3v) is 10.5. The summed E-state index contributed by atoms with van der Waals surface area (Å²) in [5, 5.41) is 5.05. The van der Waals surface area contributed by atoms with Gasteiger partial charge in [-0.05, 0) is 68.9 Å². The van der Waals surface area contributed by atoms with Gasteiger partial charge in [-0.3, -0.25) is 33.6 Å². The molecule has 0 aliphatic heterocycles. The summed E-state index contributed by atoms with van der Waals surface area (Å²) in [5.74, 6) is -7.56. The molecule has 2 aromatic carbocycles. The van der Waals surface area contributed by atoms with Crippen molar-refractivity contribution < 1.29 is 52.5 Å². The van der Waals surface area contributed by atoms with E-state index in [1.54, 1.807) is 13.8 Å². The fourth-order valence-corrected chi connectivity index (χ4v) is 6.43. The van der Waals surface area contributed by atoms with Crippen LogP contribution in [0.5, 0.6) is 0 Å². The summed E-state index contributed by atoms with van der Waals surface area (Å²) in [5.41, 5.74) is 5.72. The molecule has 2 amide bonds. The van der Waals surface area contributed by atoms with Crippen LogP contribution < -0.4 is 10.6 Å². The van der Waals surface area contributed by atoms with Crippen molar-refractivity contribution in [3.8, 4) is 0 Å². The van der Waals surface area contributed by atoms with Gasteiger partial charge in [0.15, 0.2) is 5.78 Å². The molecule has 0 heterocycles. The molecule has 2 rings (SSSR count). The zero-order valence-electron chi connectivity index (χ0n) is 40.4. The Morgan fingerprint density at radius 2 is 0.857 bits per heavy atom. The first kappa shape index (κ1) is 54.1. The Hall–Kier alpha value is -5.07. The second-order valence-electron chi connectivity index (χ2n) is 20.2. The van der Waals surface area contributed by atoms with Gasteiger partial charge in [0.25, 0.3) is 0 Å². The standard InChI is InChI=1S/C50H74N2O11/c1-15-60-45(58)39(27-38(53)29-52-41(54)17-18-43(56)62-30-32-21-34(47(3,4)5)25-35(22-32)48(6,7)8)40(46(59)61-16-2)28-42(55)51-20-19-44(57)63-31-33-23-36(49(9,10)11)26-37(24-33)50(12,13)14/h21-26,39-40H,15-20,27-31H2,1-14H3,(H,51,55)(H,52,54)/t39-,40-/m1/s1. The van der Waals surface area contributed by atoms with Crippen LogP contribution in [-0.4, -0.2) is 67.8 Å². The van der Waals surface area contributed by atoms with Crippen LogP contribution in [0, 0.1) is 11.8 Å². The molecule has 63 heavy (non-hydrogen) atoms. The number of benzene rings is 2. The molecule has 350 valence electrons. The average Bonchev–Trinajstić information content (AvgIpc) is 3.17. The van der Waals surface area contributed by atoms with E-state index in [0.717, 1.165) is 33.4 Å². The summed E-state index contributed by atoms with van der Waals surface area (Å²) in [6.07, 6.45) is -1.70. The number of nitrogens with one attached hydrogen (secondary N) is 2. The first-order chi connectivity index (χ1) is 29.0. The molecular formula is C50H74N2O11. The predicted octanol–water partition coefficient (Wildman–Crippen LogP) is 7.77. The van der Waals surface area contributed by atoms with E-state index in [0.29, 0.717) is 0 Å². The van der Waals surface area contributed by atoms with E-state index in [9.17, 15) is 33.6 Å². The molecule has 2 atom stereocenters. The van der Waals surface area contributed by atoms with Crippen molar-refractivity contribution in [2.45, 2.75) is 164 Å². The lowest BCUT2D eigenvalue weighted by atomic mass is 9.79. The molecule has 0 aliphatic carbocycles. The van der Waals surface area contributed by atoms with Crippen molar-refractivity contribution in [3.05, 3.63) is 69.8 Å². The van der Waals surface area contributed by atoms with Crippen molar-refractivity contribution in [1.29, 1.82) is 0 Å². The molecular weight excluding hydrogens is 805 g/mol. The molecule has 0 saturated carbocycles. The summed E-state index contributed by atoms with van der Waals surface area (Å²) in [6, 6.07) is 12.4. The minimum atomic E-state index is -1.41. The number of amides is 2. The SMILES string of the molecule is CCOC(=O)[C@H](CC(=O)CNC(=O)CCC(=O)OCc1cc(C(C)(C)C)cc(C(C)(C)C)c1)[C@@H](CC(=O)NCCC(=O)OCc1cc(C(C)(C)C)cc(C(C)(C)C)c1)C(=O)OCC. The number of carbonyl (C=O) groups excluding carboxylic acids is 7. The fourth-order valence-electron chi connectivity index (χ4n) is 6.43. The molecule has 0 unspecified atom stereocenters. The minimum Gasteiger partial charge on any atom is -0.466 e. The van der Waals surface area contributed by atoms with Crippen molar-refractivity contribution in [3.63, 3.8) is 0 Å².